The molecule has 0 N–H and O–H groups in total. The second kappa shape index (κ2) is 20.2. The van der Waals surface area contributed by atoms with E-state index in [0.717, 1.165) is 79.7 Å². The van der Waals surface area contributed by atoms with Gasteiger partial charge in [0.15, 0.2) is 0 Å². The van der Waals surface area contributed by atoms with Crippen LogP contribution in [0.1, 0.15) is 44.2 Å². The lowest BCUT2D eigenvalue weighted by Gasteiger charge is -2.42. The normalized spacial score (nSPS) is 15.9. The first-order chi connectivity index (χ1) is 54.8. The van der Waals surface area contributed by atoms with Crippen LogP contribution in [-0.4, -0.2) is 15.8 Å². The molecule has 0 atom stereocenters. The van der Waals surface area contributed by atoms with Gasteiger partial charge in [-0.3, -0.25) is 0 Å². The van der Waals surface area contributed by atoms with Gasteiger partial charge in [-0.15, -0.1) is 11.3 Å². The average Bonchev–Trinajstić information content (AvgIpc) is 1.59. The Bertz CT molecular complexity index is 7190. The van der Waals surface area contributed by atoms with Gasteiger partial charge >= 0.3 is 0 Å². The van der Waals surface area contributed by atoms with Gasteiger partial charge in [0.1, 0.15) is 0 Å². The summed E-state index contributed by atoms with van der Waals surface area (Å²) in [4.78, 5) is 3.81. The Morgan fingerprint density at radius 2 is 0.814 bits per heavy atom. The maximum Gasteiger partial charge on any atom is 0.249 e. The van der Waals surface area contributed by atoms with Gasteiger partial charge in [-0.05, 0) is 150 Å². The minimum Gasteiger partial charge on any atom is -0.310 e. The highest BCUT2D eigenvalue weighted by atomic mass is 32.2. The molecule has 2 aliphatic heterocycles. The summed E-state index contributed by atoms with van der Waals surface area (Å²) in [6, 6.07) is 71.7. The van der Waals surface area contributed by atoms with Crippen LogP contribution in [-0.2, 0) is 5.41 Å². The minimum absolute atomic E-state index is 0.0652. The lowest BCUT2D eigenvalue weighted by Crippen LogP contribution is -2.60. The molecule has 0 amide bonds. The van der Waals surface area contributed by atoms with Crippen molar-refractivity contribution >= 4 is 127 Å². The molecule has 0 unspecified atom stereocenters. The standard InChI is InChI=1S/C91H54BN3S2/c1-3-22-55(23-4-1)61-33-21-34-62(56-24-5-2-6-25-56)89(61)95-82-52-59(93-78-38-17-10-29-67(78)68-30-11-18-39-79(68)93)44-46-76(82)92-77-47-49-85-87(90(77)97-86-54-60(53-83(95)88(86)92)94-80-40-19-12-31-69(80)70-32-13-20-41-81(70)94)71-50-57(43-48-84(71)96-85)58-42-45-66-65-28-9-16-37-74(65)91(75(66)51-58)72-35-14-7-26-63(72)64-27-8-15-36-73(64)91/h1-54H/i10D,11D,12D,13D,17D,18D,19D,20D,29D,30D,31D,32D,38D,39D,40D,41D. The molecule has 15 aromatic carbocycles. The van der Waals surface area contributed by atoms with Crippen molar-refractivity contribution < 1.29 is 21.9 Å². The van der Waals surface area contributed by atoms with Crippen molar-refractivity contribution in [3.63, 3.8) is 0 Å². The largest absolute Gasteiger partial charge is 0.310 e. The van der Waals surface area contributed by atoms with E-state index in [1.807, 2.05) is 109 Å². The number of fused-ring (bicyclic) bond motifs is 24. The van der Waals surface area contributed by atoms with Gasteiger partial charge in [0.05, 0.1) is 55.1 Å². The molecule has 5 heterocycles. The van der Waals surface area contributed by atoms with Gasteiger partial charge in [-0.1, -0.05) is 272 Å². The molecule has 0 bridgehead atoms. The van der Waals surface area contributed by atoms with Crippen molar-refractivity contribution in [2.45, 2.75) is 15.2 Å². The third-order valence-corrected chi connectivity index (χ3v) is 23.0. The van der Waals surface area contributed by atoms with Crippen LogP contribution in [0.3, 0.4) is 0 Å². The second-order valence-electron chi connectivity index (χ2n) is 25.3. The first-order valence-corrected chi connectivity index (χ1v) is 33.9. The van der Waals surface area contributed by atoms with Crippen LogP contribution in [0.4, 0.5) is 17.1 Å². The Labute approximate surface area is 591 Å². The molecular formula is C91H54BN3S2. The van der Waals surface area contributed by atoms with Crippen LogP contribution in [0.15, 0.2) is 337 Å². The first kappa shape index (κ1) is 40.6. The van der Waals surface area contributed by atoms with E-state index in [-0.39, 0.29) is 49.3 Å². The van der Waals surface area contributed by atoms with E-state index in [2.05, 4.69) is 126 Å². The van der Waals surface area contributed by atoms with Crippen LogP contribution < -0.4 is 21.3 Å². The molecule has 4 aliphatic rings. The Morgan fingerprint density at radius 1 is 0.340 bits per heavy atom. The second-order valence-corrected chi connectivity index (χ2v) is 27.4. The summed E-state index contributed by atoms with van der Waals surface area (Å²) in [5.74, 6) is 0. The number of anilines is 3. The molecule has 0 saturated carbocycles. The average molecular weight is 1280 g/mol. The van der Waals surface area contributed by atoms with Crippen molar-refractivity contribution in [3.05, 3.63) is 349 Å². The van der Waals surface area contributed by atoms with Gasteiger partial charge < -0.3 is 14.0 Å². The molecule has 18 aromatic rings. The van der Waals surface area contributed by atoms with E-state index in [9.17, 15) is 16.4 Å². The molecule has 0 radical (unpaired) electrons. The predicted molar refractivity (Wildman–Crippen MR) is 411 cm³/mol. The predicted octanol–water partition coefficient (Wildman–Crippen LogP) is 22.4. The molecule has 0 fully saturated rings. The van der Waals surface area contributed by atoms with Gasteiger partial charge in [0.2, 0.25) is 6.71 Å². The maximum atomic E-state index is 9.91. The third-order valence-electron chi connectivity index (χ3n) is 20.7. The number of hydrogen-bond donors (Lipinski definition) is 0. The topological polar surface area (TPSA) is 13.1 Å². The van der Waals surface area contributed by atoms with Gasteiger partial charge in [-0.25, -0.2) is 0 Å². The molecule has 3 aromatic heterocycles. The summed E-state index contributed by atoms with van der Waals surface area (Å²) in [5, 5.41) is 1.66. The quantitative estimate of drug-likeness (QED) is 0.154. The number of para-hydroxylation sites is 5. The number of hydrogen-bond acceptors (Lipinski definition) is 3. The molecule has 448 valence electrons. The van der Waals surface area contributed by atoms with Gasteiger partial charge in [-0.2, -0.15) is 0 Å². The lowest BCUT2D eigenvalue weighted by molar-refractivity contribution is 0.794. The SMILES string of the molecule is [2H]c1c([2H])c([2H])c2c(c1[2H])c1c([2H])c([2H])c([2H])c([2H])c1n2-c1ccc2c(c1)N(c1c(-c3ccccc3)cccc1-c1ccccc1)c1cc(-n3c4c([2H])c([2H])c([2H])c([2H])c4c4c([2H])c([2H])c([2H])c([2H])c43)cc3c1B2c1ccc2sc4ccc(-c5ccc6c(c5)C5(c7ccccc7-c7ccccc75)c5ccccc5-6)cc4c2c1S3. The van der Waals surface area contributed by atoms with Crippen molar-refractivity contribution in [3.8, 4) is 67.0 Å². The highest BCUT2D eigenvalue weighted by Gasteiger charge is 2.52. The van der Waals surface area contributed by atoms with Crippen LogP contribution in [0.25, 0.3) is 131 Å². The van der Waals surface area contributed by atoms with Crippen molar-refractivity contribution in [1.82, 2.24) is 9.13 Å². The van der Waals surface area contributed by atoms with E-state index in [1.165, 1.54) is 49.1 Å². The zero-order valence-electron chi connectivity index (χ0n) is 67.2. The number of benzene rings is 15. The van der Waals surface area contributed by atoms with Crippen LogP contribution >= 0.6 is 23.1 Å². The Kier molecular flexibility index (Phi) is 8.44. The minimum atomic E-state index is -0.649. The third kappa shape index (κ3) is 7.33. The molecule has 0 saturated heterocycles. The molecule has 1 spiro atoms. The van der Waals surface area contributed by atoms with E-state index in [4.69, 9.17) is 5.48 Å². The number of rotatable bonds is 6. The molecular weight excluding hydrogens is 1210 g/mol. The zero-order valence-corrected chi connectivity index (χ0v) is 52.8. The summed E-state index contributed by atoms with van der Waals surface area (Å²) in [7, 11) is 0. The van der Waals surface area contributed by atoms with Gasteiger partial charge in [0, 0.05) is 85.4 Å². The van der Waals surface area contributed by atoms with Crippen LogP contribution in [0.5, 0.6) is 0 Å². The Balaban J connectivity index is 0.867. The van der Waals surface area contributed by atoms with Gasteiger partial charge in [0.25, 0.3) is 0 Å². The number of aromatic nitrogens is 2. The van der Waals surface area contributed by atoms with Crippen molar-refractivity contribution in [2.24, 2.45) is 0 Å². The maximum absolute atomic E-state index is 9.91. The number of thiophene rings is 1. The summed E-state index contributed by atoms with van der Waals surface area (Å²) in [6.45, 7) is -0.649. The molecule has 22 rings (SSSR count). The van der Waals surface area contributed by atoms with E-state index in [0.29, 0.717) is 22.7 Å². The fourth-order valence-corrected chi connectivity index (χ4v) is 19.4. The smallest absolute Gasteiger partial charge is 0.249 e. The fraction of sp³-hybridized carbons (Fsp3) is 0.0110. The summed E-state index contributed by atoms with van der Waals surface area (Å²) < 4.78 is 156. The molecule has 6 heteroatoms. The summed E-state index contributed by atoms with van der Waals surface area (Å²) in [6.07, 6.45) is 0. The number of nitrogens with zero attached hydrogens (tertiary/aromatic N) is 3. The highest BCUT2D eigenvalue weighted by molar-refractivity contribution is 8.00. The Morgan fingerprint density at radius 3 is 1.40 bits per heavy atom. The van der Waals surface area contributed by atoms with Crippen LogP contribution in [0, 0.1) is 0 Å². The monoisotopic (exact) mass is 1280 g/mol. The molecule has 3 nitrogen and oxygen atoms in total. The lowest BCUT2D eigenvalue weighted by atomic mass is 9.34. The van der Waals surface area contributed by atoms with E-state index in [1.54, 1.807) is 27.7 Å². The zero-order chi connectivity index (χ0) is 77.1. The first-order valence-electron chi connectivity index (χ1n) is 40.3. The Hall–Kier alpha value is -11.7. The molecule has 97 heavy (non-hydrogen) atoms. The highest BCUT2D eigenvalue weighted by Crippen LogP contribution is 2.63. The van der Waals surface area contributed by atoms with E-state index < -0.39 is 109 Å². The molecule has 2 aliphatic carbocycles. The summed E-state index contributed by atoms with van der Waals surface area (Å²) >= 11 is 3.25. The summed E-state index contributed by atoms with van der Waals surface area (Å²) in [5.41, 5.74) is 19.1. The van der Waals surface area contributed by atoms with Crippen LogP contribution in [0.2, 0.25) is 0 Å². The van der Waals surface area contributed by atoms with Crippen molar-refractivity contribution in [1.29, 1.82) is 0 Å². The van der Waals surface area contributed by atoms with E-state index >= 15 is 0 Å². The van der Waals surface area contributed by atoms with Crippen molar-refractivity contribution in [2.75, 3.05) is 4.90 Å². The fourth-order valence-electron chi connectivity index (χ4n) is 16.8.